The van der Waals surface area contributed by atoms with E-state index in [1.165, 1.54) is 32.1 Å². The van der Waals surface area contributed by atoms with E-state index in [1.807, 2.05) is 0 Å². The summed E-state index contributed by atoms with van der Waals surface area (Å²) < 4.78 is 5.72. The molecule has 3 heteroatoms. The summed E-state index contributed by atoms with van der Waals surface area (Å²) in [6.45, 7) is 7.01. The van der Waals surface area contributed by atoms with Crippen LogP contribution in [0.2, 0.25) is 0 Å². The third-order valence-corrected chi connectivity index (χ3v) is 4.13. The highest BCUT2D eigenvalue weighted by atomic mass is 16.5. The van der Waals surface area contributed by atoms with E-state index in [2.05, 4.69) is 18.7 Å². The summed E-state index contributed by atoms with van der Waals surface area (Å²) >= 11 is 0. The molecule has 0 spiro atoms. The van der Waals surface area contributed by atoms with Crippen LogP contribution < -0.4 is 0 Å². The third kappa shape index (κ3) is 3.94. The Morgan fingerprint density at radius 1 is 1.12 bits per heavy atom. The van der Waals surface area contributed by atoms with Gasteiger partial charge in [-0.2, -0.15) is 0 Å². The van der Waals surface area contributed by atoms with E-state index in [9.17, 15) is 5.11 Å². The Hall–Kier alpha value is -0.120. The Morgan fingerprint density at radius 2 is 1.71 bits per heavy atom. The summed E-state index contributed by atoms with van der Waals surface area (Å²) in [5.74, 6) is 0.539. The molecular formula is C14H27NO2. The Labute approximate surface area is 105 Å². The summed E-state index contributed by atoms with van der Waals surface area (Å²) in [7, 11) is 0. The van der Waals surface area contributed by atoms with Crippen LogP contribution in [-0.4, -0.2) is 48.0 Å². The largest absolute Gasteiger partial charge is 0.392 e. The number of hydrogen-bond donors (Lipinski definition) is 1. The zero-order valence-electron chi connectivity index (χ0n) is 11.3. The number of morpholine rings is 1. The van der Waals surface area contributed by atoms with Crippen LogP contribution in [0.5, 0.6) is 0 Å². The number of nitrogens with zero attached hydrogens (tertiary/aromatic N) is 1. The molecule has 100 valence electrons. The molecule has 3 nitrogen and oxygen atoms in total. The molecule has 3 atom stereocenters. The fraction of sp³-hybridized carbons (Fsp3) is 1.00. The van der Waals surface area contributed by atoms with Gasteiger partial charge in [0.05, 0.1) is 18.3 Å². The first-order valence-corrected chi connectivity index (χ1v) is 7.21. The zero-order valence-corrected chi connectivity index (χ0v) is 11.3. The number of aliphatic hydroxyl groups excluding tert-OH is 1. The molecule has 2 fully saturated rings. The molecule has 0 aromatic heterocycles. The van der Waals surface area contributed by atoms with Crippen LogP contribution >= 0.6 is 0 Å². The van der Waals surface area contributed by atoms with Gasteiger partial charge in [-0.1, -0.05) is 19.3 Å². The van der Waals surface area contributed by atoms with Gasteiger partial charge in [0.15, 0.2) is 0 Å². The Morgan fingerprint density at radius 3 is 2.29 bits per heavy atom. The van der Waals surface area contributed by atoms with E-state index in [0.29, 0.717) is 18.1 Å². The fourth-order valence-electron chi connectivity index (χ4n) is 3.37. The van der Waals surface area contributed by atoms with Gasteiger partial charge in [-0.15, -0.1) is 0 Å². The number of β-amino-alcohol motifs (C(OH)–C–C–N with tert-alkyl or cyclic N) is 1. The van der Waals surface area contributed by atoms with Crippen LogP contribution in [0.1, 0.15) is 46.0 Å². The van der Waals surface area contributed by atoms with Crippen LogP contribution in [0.15, 0.2) is 0 Å². The standard InChI is InChI=1S/C14H27NO2/c1-11-8-15(9-12(2)17-11)10-14(16)13-6-4-3-5-7-13/h11-14,16H,3-10H2,1-2H3. The number of hydrogen-bond acceptors (Lipinski definition) is 3. The minimum Gasteiger partial charge on any atom is -0.392 e. The first kappa shape index (κ1) is 13.3. The molecule has 1 saturated carbocycles. The number of ether oxygens (including phenoxy) is 1. The zero-order chi connectivity index (χ0) is 12.3. The molecule has 0 radical (unpaired) electrons. The second-order valence-electron chi connectivity index (χ2n) is 5.94. The number of aliphatic hydroxyl groups is 1. The first-order chi connectivity index (χ1) is 8.15. The van der Waals surface area contributed by atoms with Crippen molar-refractivity contribution in [3.63, 3.8) is 0 Å². The van der Waals surface area contributed by atoms with Crippen molar-refractivity contribution in [1.29, 1.82) is 0 Å². The Bertz CT molecular complexity index is 218. The van der Waals surface area contributed by atoms with E-state index in [4.69, 9.17) is 4.74 Å². The normalized spacial score (nSPS) is 34.8. The molecular weight excluding hydrogens is 214 g/mol. The van der Waals surface area contributed by atoms with Crippen LogP contribution in [-0.2, 0) is 4.74 Å². The maximum atomic E-state index is 10.3. The van der Waals surface area contributed by atoms with Crippen LogP contribution in [0, 0.1) is 5.92 Å². The minimum absolute atomic E-state index is 0.132. The van der Waals surface area contributed by atoms with Crippen LogP contribution in [0.4, 0.5) is 0 Å². The minimum atomic E-state index is -0.132. The SMILES string of the molecule is CC1CN(CC(O)C2CCCCC2)CC(C)O1. The predicted molar refractivity (Wildman–Crippen MR) is 69.0 cm³/mol. The molecule has 1 N–H and O–H groups in total. The molecule has 17 heavy (non-hydrogen) atoms. The van der Waals surface area contributed by atoms with E-state index in [-0.39, 0.29) is 6.10 Å². The molecule has 0 aromatic carbocycles. The van der Waals surface area contributed by atoms with Gasteiger partial charge in [-0.05, 0) is 32.6 Å². The van der Waals surface area contributed by atoms with Crippen molar-refractivity contribution in [1.82, 2.24) is 4.90 Å². The van der Waals surface area contributed by atoms with Gasteiger partial charge < -0.3 is 9.84 Å². The van der Waals surface area contributed by atoms with Gasteiger partial charge in [0.2, 0.25) is 0 Å². The molecule has 1 aliphatic carbocycles. The second-order valence-corrected chi connectivity index (χ2v) is 5.94. The Balaban J connectivity index is 1.78. The molecule has 1 saturated heterocycles. The van der Waals surface area contributed by atoms with E-state index in [1.54, 1.807) is 0 Å². The van der Waals surface area contributed by atoms with Crippen LogP contribution in [0.3, 0.4) is 0 Å². The fourth-order valence-corrected chi connectivity index (χ4v) is 3.37. The quantitative estimate of drug-likeness (QED) is 0.820. The lowest BCUT2D eigenvalue weighted by Gasteiger charge is -2.38. The summed E-state index contributed by atoms with van der Waals surface area (Å²) in [6.07, 6.45) is 6.87. The van der Waals surface area contributed by atoms with Crippen molar-refractivity contribution >= 4 is 0 Å². The highest BCUT2D eigenvalue weighted by Gasteiger charge is 2.27. The topological polar surface area (TPSA) is 32.7 Å². The van der Waals surface area contributed by atoms with Gasteiger partial charge in [0.25, 0.3) is 0 Å². The summed E-state index contributed by atoms with van der Waals surface area (Å²) in [4.78, 5) is 2.37. The smallest absolute Gasteiger partial charge is 0.0695 e. The maximum absolute atomic E-state index is 10.3. The highest BCUT2D eigenvalue weighted by Crippen LogP contribution is 2.27. The third-order valence-electron chi connectivity index (χ3n) is 4.13. The van der Waals surface area contributed by atoms with Crippen LogP contribution in [0.25, 0.3) is 0 Å². The molecule has 0 bridgehead atoms. The lowest BCUT2D eigenvalue weighted by atomic mass is 9.85. The number of rotatable bonds is 3. The summed E-state index contributed by atoms with van der Waals surface area (Å²) in [6, 6.07) is 0. The van der Waals surface area contributed by atoms with Crippen molar-refractivity contribution in [3.05, 3.63) is 0 Å². The van der Waals surface area contributed by atoms with Gasteiger partial charge in [-0.3, -0.25) is 4.90 Å². The first-order valence-electron chi connectivity index (χ1n) is 7.21. The van der Waals surface area contributed by atoms with Crippen molar-refractivity contribution in [3.8, 4) is 0 Å². The van der Waals surface area contributed by atoms with E-state index < -0.39 is 0 Å². The van der Waals surface area contributed by atoms with Crippen molar-refractivity contribution in [2.45, 2.75) is 64.3 Å². The highest BCUT2D eigenvalue weighted by molar-refractivity contribution is 4.80. The molecule has 0 aromatic rings. The van der Waals surface area contributed by atoms with E-state index >= 15 is 0 Å². The van der Waals surface area contributed by atoms with Gasteiger partial charge >= 0.3 is 0 Å². The van der Waals surface area contributed by atoms with Gasteiger partial charge in [-0.25, -0.2) is 0 Å². The monoisotopic (exact) mass is 241 g/mol. The Kier molecular flexibility index (Phi) is 4.83. The molecule has 0 amide bonds. The summed E-state index contributed by atoms with van der Waals surface area (Å²) in [5, 5.41) is 10.3. The lowest BCUT2D eigenvalue weighted by Crippen LogP contribution is -2.49. The lowest BCUT2D eigenvalue weighted by molar-refractivity contribution is -0.0814. The van der Waals surface area contributed by atoms with Crippen molar-refractivity contribution in [2.75, 3.05) is 19.6 Å². The average Bonchev–Trinajstić information content (AvgIpc) is 2.28. The molecule has 1 heterocycles. The summed E-state index contributed by atoms with van der Waals surface area (Å²) in [5.41, 5.74) is 0. The average molecular weight is 241 g/mol. The molecule has 3 unspecified atom stereocenters. The molecule has 1 aliphatic heterocycles. The van der Waals surface area contributed by atoms with Crippen molar-refractivity contribution in [2.24, 2.45) is 5.92 Å². The van der Waals surface area contributed by atoms with Gasteiger partial charge in [0.1, 0.15) is 0 Å². The van der Waals surface area contributed by atoms with E-state index in [0.717, 1.165) is 19.6 Å². The second kappa shape index (κ2) is 6.17. The van der Waals surface area contributed by atoms with Crippen molar-refractivity contribution < 1.29 is 9.84 Å². The molecule has 2 aliphatic rings. The predicted octanol–water partition coefficient (Wildman–Crippen LogP) is 2.04. The molecule has 2 rings (SSSR count). The van der Waals surface area contributed by atoms with Gasteiger partial charge in [0, 0.05) is 19.6 Å². The maximum Gasteiger partial charge on any atom is 0.0695 e.